The summed E-state index contributed by atoms with van der Waals surface area (Å²) in [7, 11) is 0. The maximum Gasteiger partial charge on any atom is 0.573 e. The van der Waals surface area contributed by atoms with Crippen molar-refractivity contribution in [1.82, 2.24) is 9.38 Å². The molecule has 1 N–H and O–H groups in total. The molecule has 3 rings (SSSR count). The van der Waals surface area contributed by atoms with Gasteiger partial charge in [0.15, 0.2) is 0 Å². The van der Waals surface area contributed by atoms with Gasteiger partial charge in [0.2, 0.25) is 0 Å². The van der Waals surface area contributed by atoms with Crippen LogP contribution in [0.5, 0.6) is 5.75 Å². The number of benzene rings is 1. The number of nitrogens with zero attached hydrogens (tertiary/aromatic N) is 2. The predicted molar refractivity (Wildman–Crippen MR) is 86.0 cm³/mol. The zero-order chi connectivity index (χ0) is 18.2. The highest BCUT2D eigenvalue weighted by Crippen LogP contribution is 2.24. The Kier molecular flexibility index (Phi) is 4.30. The van der Waals surface area contributed by atoms with Crippen molar-refractivity contribution in [2.75, 3.05) is 5.32 Å². The lowest BCUT2D eigenvalue weighted by Crippen LogP contribution is -2.17. The van der Waals surface area contributed by atoms with Gasteiger partial charge in [-0.1, -0.05) is 11.6 Å². The number of anilines is 1. The number of carbonyl (C=O) groups is 1. The number of hydrogen-bond acceptors (Lipinski definition) is 3. The summed E-state index contributed by atoms with van der Waals surface area (Å²) in [6.45, 7) is 1.68. The van der Waals surface area contributed by atoms with E-state index in [2.05, 4.69) is 15.0 Å². The fraction of sp³-hybridized carbons (Fsp3) is 0.125. The van der Waals surface area contributed by atoms with Gasteiger partial charge in [-0.3, -0.25) is 9.20 Å². The zero-order valence-corrected chi connectivity index (χ0v) is 13.5. The first kappa shape index (κ1) is 17.1. The maximum absolute atomic E-state index is 12.5. The van der Waals surface area contributed by atoms with Gasteiger partial charge in [0.1, 0.15) is 17.1 Å². The van der Waals surface area contributed by atoms with E-state index in [1.54, 1.807) is 29.7 Å². The molecule has 1 amide bonds. The lowest BCUT2D eigenvalue weighted by Gasteiger charge is -2.10. The van der Waals surface area contributed by atoms with Gasteiger partial charge in [-0.05, 0) is 43.3 Å². The third-order valence-electron chi connectivity index (χ3n) is 3.32. The zero-order valence-electron chi connectivity index (χ0n) is 12.8. The number of aromatic nitrogens is 2. The second kappa shape index (κ2) is 6.29. The number of rotatable bonds is 3. The number of nitrogens with one attached hydrogen (secondary N) is 1. The number of amides is 1. The molecule has 0 radical (unpaired) electrons. The van der Waals surface area contributed by atoms with Crippen molar-refractivity contribution in [1.29, 1.82) is 0 Å². The molecule has 2 heterocycles. The van der Waals surface area contributed by atoms with Gasteiger partial charge in [-0.2, -0.15) is 0 Å². The summed E-state index contributed by atoms with van der Waals surface area (Å²) in [4.78, 5) is 16.8. The van der Waals surface area contributed by atoms with Crippen molar-refractivity contribution in [3.05, 3.63) is 59.0 Å². The first-order valence-corrected chi connectivity index (χ1v) is 7.42. The van der Waals surface area contributed by atoms with E-state index in [1.807, 2.05) is 0 Å². The van der Waals surface area contributed by atoms with Gasteiger partial charge in [-0.25, -0.2) is 4.98 Å². The van der Waals surface area contributed by atoms with Crippen molar-refractivity contribution in [3.8, 4) is 5.75 Å². The van der Waals surface area contributed by atoms with Gasteiger partial charge in [0.05, 0.1) is 10.7 Å². The molecule has 0 bridgehead atoms. The Morgan fingerprint density at radius 1 is 1.20 bits per heavy atom. The summed E-state index contributed by atoms with van der Waals surface area (Å²) < 4.78 is 41.8. The lowest BCUT2D eigenvalue weighted by molar-refractivity contribution is -0.274. The summed E-state index contributed by atoms with van der Waals surface area (Å²) in [5.74, 6) is -0.833. The average molecular weight is 370 g/mol. The van der Waals surface area contributed by atoms with E-state index in [1.165, 1.54) is 12.1 Å². The number of pyridine rings is 1. The minimum Gasteiger partial charge on any atom is -0.406 e. The van der Waals surface area contributed by atoms with E-state index in [-0.39, 0.29) is 11.4 Å². The van der Waals surface area contributed by atoms with E-state index in [9.17, 15) is 18.0 Å². The summed E-state index contributed by atoms with van der Waals surface area (Å²) in [5.41, 5.74) is 1.65. The largest absolute Gasteiger partial charge is 0.573 e. The Morgan fingerprint density at radius 2 is 1.88 bits per heavy atom. The van der Waals surface area contributed by atoms with Crippen LogP contribution in [0.2, 0.25) is 5.02 Å². The minimum absolute atomic E-state index is 0.285. The van der Waals surface area contributed by atoms with Gasteiger partial charge in [0.25, 0.3) is 5.91 Å². The molecule has 0 atom stereocenters. The van der Waals surface area contributed by atoms with Crippen LogP contribution in [0.3, 0.4) is 0 Å². The number of ether oxygens (including phenoxy) is 1. The molecule has 3 aromatic rings. The number of imidazole rings is 1. The highest BCUT2D eigenvalue weighted by molar-refractivity contribution is 6.30. The van der Waals surface area contributed by atoms with Crippen LogP contribution in [0.25, 0.3) is 5.65 Å². The van der Waals surface area contributed by atoms with Crippen molar-refractivity contribution in [3.63, 3.8) is 0 Å². The smallest absolute Gasteiger partial charge is 0.406 e. The molecule has 2 aromatic heterocycles. The molecule has 0 saturated carbocycles. The second-order valence-corrected chi connectivity index (χ2v) is 5.58. The number of carbonyl (C=O) groups excluding carboxylic acids is 1. The Bertz CT molecular complexity index is 936. The molecular formula is C16H11ClF3N3O2. The van der Waals surface area contributed by atoms with E-state index in [0.717, 1.165) is 12.1 Å². The molecule has 0 unspecified atom stereocenters. The third kappa shape index (κ3) is 3.85. The third-order valence-corrected chi connectivity index (χ3v) is 3.54. The highest BCUT2D eigenvalue weighted by atomic mass is 35.5. The van der Waals surface area contributed by atoms with Crippen LogP contribution >= 0.6 is 11.6 Å². The molecule has 1 aromatic carbocycles. The number of hydrogen-bond donors (Lipinski definition) is 1. The highest BCUT2D eigenvalue weighted by Gasteiger charge is 2.31. The van der Waals surface area contributed by atoms with Crippen molar-refractivity contribution >= 4 is 28.8 Å². The Balaban J connectivity index is 1.83. The van der Waals surface area contributed by atoms with Crippen LogP contribution in [-0.2, 0) is 0 Å². The summed E-state index contributed by atoms with van der Waals surface area (Å²) in [6.07, 6.45) is -3.20. The van der Waals surface area contributed by atoms with Gasteiger partial charge in [0, 0.05) is 11.9 Å². The quantitative estimate of drug-likeness (QED) is 0.742. The molecule has 0 aliphatic rings. The van der Waals surface area contributed by atoms with Crippen molar-refractivity contribution < 1.29 is 22.7 Å². The number of fused-ring (bicyclic) bond motifs is 1. The molecule has 0 aliphatic carbocycles. The van der Waals surface area contributed by atoms with Gasteiger partial charge < -0.3 is 10.1 Å². The molecule has 0 fully saturated rings. The molecule has 25 heavy (non-hydrogen) atoms. The monoisotopic (exact) mass is 369 g/mol. The number of aryl methyl sites for hydroxylation is 1. The molecule has 0 saturated heterocycles. The lowest BCUT2D eigenvalue weighted by atomic mass is 10.2. The van der Waals surface area contributed by atoms with Crippen LogP contribution in [0.1, 0.15) is 16.2 Å². The first-order chi connectivity index (χ1) is 11.7. The molecular weight excluding hydrogens is 359 g/mol. The SMILES string of the molecule is Cc1nc2ccc(Cl)cn2c1C(=O)Nc1ccc(OC(F)(F)F)cc1. The predicted octanol–water partition coefficient (Wildman–Crippen LogP) is 4.45. The normalized spacial score (nSPS) is 11.6. The molecule has 9 heteroatoms. The van der Waals surface area contributed by atoms with E-state index in [4.69, 9.17) is 11.6 Å². The number of alkyl halides is 3. The second-order valence-electron chi connectivity index (χ2n) is 5.15. The van der Waals surface area contributed by atoms with Crippen LogP contribution in [-0.4, -0.2) is 21.7 Å². The first-order valence-electron chi connectivity index (χ1n) is 7.04. The van der Waals surface area contributed by atoms with Crippen LogP contribution in [0.15, 0.2) is 42.6 Å². The maximum atomic E-state index is 12.5. The van der Waals surface area contributed by atoms with Crippen molar-refractivity contribution in [2.24, 2.45) is 0 Å². The van der Waals surface area contributed by atoms with E-state index >= 15 is 0 Å². The number of halogens is 4. The van der Waals surface area contributed by atoms with E-state index < -0.39 is 12.3 Å². The summed E-state index contributed by atoms with van der Waals surface area (Å²) in [6, 6.07) is 8.18. The Morgan fingerprint density at radius 3 is 2.52 bits per heavy atom. The molecule has 0 spiro atoms. The topological polar surface area (TPSA) is 55.6 Å². The molecule has 0 aliphatic heterocycles. The fourth-order valence-electron chi connectivity index (χ4n) is 2.34. The summed E-state index contributed by atoms with van der Waals surface area (Å²) in [5, 5.41) is 3.04. The van der Waals surface area contributed by atoms with Crippen LogP contribution in [0, 0.1) is 6.92 Å². The molecule has 130 valence electrons. The average Bonchev–Trinajstić information content (AvgIpc) is 2.83. The minimum atomic E-state index is -4.77. The molecule has 5 nitrogen and oxygen atoms in total. The fourth-order valence-corrected chi connectivity index (χ4v) is 2.50. The Hall–Kier alpha value is -2.74. The van der Waals surface area contributed by atoms with E-state index in [0.29, 0.717) is 22.1 Å². The Labute approximate surface area is 145 Å². The van der Waals surface area contributed by atoms with Crippen molar-refractivity contribution in [2.45, 2.75) is 13.3 Å². The van der Waals surface area contributed by atoms with Gasteiger partial charge >= 0.3 is 6.36 Å². The summed E-state index contributed by atoms with van der Waals surface area (Å²) >= 11 is 5.95. The van der Waals surface area contributed by atoms with Crippen LogP contribution in [0.4, 0.5) is 18.9 Å². The van der Waals surface area contributed by atoms with Gasteiger partial charge in [-0.15, -0.1) is 13.2 Å². The standard InChI is InChI=1S/C16H11ClF3N3O2/c1-9-14(23-8-10(17)2-7-13(23)21-9)15(24)22-11-3-5-12(6-4-11)25-16(18,19)20/h2-8H,1H3,(H,22,24). The van der Waals surface area contributed by atoms with Crippen LogP contribution < -0.4 is 10.1 Å².